The van der Waals surface area contributed by atoms with Crippen LogP contribution in [0.25, 0.3) is 0 Å². The van der Waals surface area contributed by atoms with Crippen molar-refractivity contribution in [1.82, 2.24) is 9.36 Å². The number of thioether (sulfide) groups is 1. The maximum atomic E-state index is 12.1. The third-order valence-electron chi connectivity index (χ3n) is 1.18. The zero-order valence-corrected chi connectivity index (χ0v) is 13.5. The van der Waals surface area contributed by atoms with Crippen LogP contribution >= 0.6 is 52.4 Å². The molecule has 0 bridgehead atoms. The van der Waals surface area contributed by atoms with Crippen molar-refractivity contribution >= 4 is 52.4 Å². The molecule has 0 saturated carbocycles. The van der Waals surface area contributed by atoms with Crippen LogP contribution < -0.4 is 4.52 Å². The Morgan fingerprint density at radius 2 is 2.00 bits per heavy atom. The van der Waals surface area contributed by atoms with E-state index in [0.717, 1.165) is 10.1 Å². The first-order chi connectivity index (χ1) is 8.13. The van der Waals surface area contributed by atoms with Crippen LogP contribution in [0, 0.1) is 0 Å². The monoisotopic (exact) mass is 334 g/mol. The number of rotatable bonds is 8. The Morgan fingerprint density at radius 1 is 1.35 bits per heavy atom. The molecule has 0 spiro atoms. The lowest BCUT2D eigenvalue weighted by molar-refractivity contribution is 0.463. The van der Waals surface area contributed by atoms with Crippen LogP contribution in [0.5, 0.6) is 6.01 Å². The van der Waals surface area contributed by atoms with Crippen molar-refractivity contribution in [3.8, 4) is 6.01 Å². The Morgan fingerprint density at radius 3 is 2.53 bits per heavy atom. The predicted molar refractivity (Wildman–Crippen MR) is 73.7 cm³/mol. The quantitative estimate of drug-likeness (QED) is 0.402. The Balaban J connectivity index is 2.68. The van der Waals surface area contributed by atoms with Crippen LogP contribution in [0.15, 0.2) is 4.34 Å². The van der Waals surface area contributed by atoms with Gasteiger partial charge in [0.25, 0.3) is 0 Å². The molecule has 0 amide bonds. The van der Waals surface area contributed by atoms with Gasteiger partial charge in [-0.2, -0.15) is 4.98 Å². The van der Waals surface area contributed by atoms with E-state index < -0.39 is 5.77 Å². The second-order valence-corrected chi connectivity index (χ2v) is 11.1. The van der Waals surface area contributed by atoms with Gasteiger partial charge in [-0.25, -0.2) is 4.57 Å². The van der Waals surface area contributed by atoms with Crippen molar-refractivity contribution in [3.05, 3.63) is 0 Å². The van der Waals surface area contributed by atoms with E-state index in [1.165, 1.54) is 25.8 Å². The Labute approximate surface area is 116 Å². The van der Waals surface area contributed by atoms with Crippen molar-refractivity contribution < 1.29 is 17.5 Å². The zero-order chi connectivity index (χ0) is 12.7. The van der Waals surface area contributed by atoms with Gasteiger partial charge in [0.15, 0.2) is 4.34 Å². The van der Waals surface area contributed by atoms with Gasteiger partial charge in [0, 0.05) is 0 Å². The summed E-state index contributed by atoms with van der Waals surface area (Å²) in [6.07, 6.45) is 0. The second-order valence-electron chi connectivity index (χ2n) is 2.30. The minimum Gasteiger partial charge on any atom is -0.391 e. The molecule has 0 aliphatic carbocycles. The van der Waals surface area contributed by atoms with E-state index in [4.69, 9.17) is 12.9 Å². The average molecular weight is 334 g/mol. The Hall–Kier alpha value is 0.560. The average Bonchev–Trinajstić information content (AvgIpc) is 2.66. The van der Waals surface area contributed by atoms with Gasteiger partial charge in [-0.05, 0) is 17.3 Å². The van der Waals surface area contributed by atoms with Crippen molar-refractivity contribution in [3.63, 3.8) is 0 Å². The zero-order valence-electron chi connectivity index (χ0n) is 9.31. The van der Waals surface area contributed by atoms with Gasteiger partial charge >= 0.3 is 11.8 Å². The molecule has 17 heavy (non-hydrogen) atoms. The molecule has 6 nitrogen and oxygen atoms in total. The third kappa shape index (κ3) is 5.37. The number of aromatic nitrogens is 2. The summed E-state index contributed by atoms with van der Waals surface area (Å²) in [6.45, 7) is 2.01. The lowest BCUT2D eigenvalue weighted by Gasteiger charge is -2.11. The molecule has 0 saturated heterocycles. The molecule has 0 unspecified atom stereocenters. The molecule has 0 aromatic carbocycles. The van der Waals surface area contributed by atoms with Gasteiger partial charge in [-0.15, -0.1) is 4.37 Å². The third-order valence-corrected chi connectivity index (χ3v) is 7.46. The van der Waals surface area contributed by atoms with E-state index in [9.17, 15) is 4.57 Å². The summed E-state index contributed by atoms with van der Waals surface area (Å²) in [4.78, 5) is 4.09. The summed E-state index contributed by atoms with van der Waals surface area (Å²) >= 11 is 4.17. The molecule has 1 aromatic heterocycles. The smallest absolute Gasteiger partial charge is 0.391 e. The second kappa shape index (κ2) is 7.88. The minimum absolute atomic E-state index is 0.0865. The van der Waals surface area contributed by atoms with Gasteiger partial charge in [0.2, 0.25) is 0 Å². The van der Waals surface area contributed by atoms with Gasteiger partial charge in [0.1, 0.15) is 23.3 Å². The lowest BCUT2D eigenvalue weighted by atomic mass is 11.0. The van der Waals surface area contributed by atoms with Crippen LogP contribution in [0.4, 0.5) is 0 Å². The fourth-order valence-corrected chi connectivity index (χ4v) is 6.02. The van der Waals surface area contributed by atoms with Crippen LogP contribution in [0.1, 0.15) is 6.92 Å². The van der Waals surface area contributed by atoms with E-state index >= 15 is 0 Å². The van der Waals surface area contributed by atoms with Crippen LogP contribution in [0.2, 0.25) is 0 Å². The van der Waals surface area contributed by atoms with E-state index in [1.807, 2.05) is 6.92 Å². The van der Waals surface area contributed by atoms with Gasteiger partial charge in [-0.1, -0.05) is 18.7 Å². The fourth-order valence-electron chi connectivity index (χ4n) is 0.742. The molecule has 11 heteroatoms. The van der Waals surface area contributed by atoms with E-state index in [2.05, 4.69) is 9.36 Å². The summed E-state index contributed by atoms with van der Waals surface area (Å²) in [7, 11) is 2.81. The largest absolute Gasteiger partial charge is 0.414 e. The first-order valence-electron chi connectivity index (χ1n) is 4.34. The molecule has 0 aliphatic heterocycles. The highest BCUT2D eigenvalue weighted by atomic mass is 33.1. The first-order valence-corrected chi connectivity index (χ1v) is 10.4. The standard InChI is InChI=1S/C6H11N2O4PS4/c1-4-14-6-7-5(8-15-6)12-13(9,16-10-2)17-11-3/h4H2,1-3H3. The van der Waals surface area contributed by atoms with E-state index in [0.29, 0.717) is 23.3 Å². The molecule has 0 radical (unpaired) electrons. The van der Waals surface area contributed by atoms with Crippen LogP contribution in [-0.2, 0) is 12.9 Å². The molecule has 0 fully saturated rings. The minimum atomic E-state index is -3.19. The summed E-state index contributed by atoms with van der Waals surface area (Å²) in [5.41, 5.74) is 0. The first kappa shape index (κ1) is 15.6. The lowest BCUT2D eigenvalue weighted by Crippen LogP contribution is -1.89. The normalized spacial score (nSPS) is 11.7. The van der Waals surface area contributed by atoms with E-state index in [-0.39, 0.29) is 6.01 Å². The van der Waals surface area contributed by atoms with Crippen molar-refractivity contribution in [2.45, 2.75) is 11.3 Å². The summed E-state index contributed by atoms with van der Waals surface area (Å²) < 4.78 is 31.6. The highest BCUT2D eigenvalue weighted by Gasteiger charge is 2.31. The number of hydrogen-bond acceptors (Lipinski definition) is 10. The number of hydrogen-bond donors (Lipinski definition) is 0. The molecule has 98 valence electrons. The van der Waals surface area contributed by atoms with Crippen molar-refractivity contribution in [2.75, 3.05) is 20.0 Å². The maximum Gasteiger partial charge on any atom is 0.414 e. The molecule has 0 aliphatic rings. The van der Waals surface area contributed by atoms with Crippen LogP contribution in [0.3, 0.4) is 0 Å². The van der Waals surface area contributed by atoms with Gasteiger partial charge in [0.05, 0.1) is 14.2 Å². The molecule has 1 heterocycles. The summed E-state index contributed by atoms with van der Waals surface area (Å²) in [6, 6.07) is 0.0865. The SMILES string of the molecule is CCSc1nc(OP(=O)(SOC)SOC)ns1. The molecule has 0 N–H and O–H groups in total. The predicted octanol–water partition coefficient (Wildman–Crippen LogP) is 3.73. The molecular formula is C6H11N2O4PS4. The molecule has 0 atom stereocenters. The van der Waals surface area contributed by atoms with Gasteiger partial charge < -0.3 is 12.9 Å². The highest BCUT2D eigenvalue weighted by molar-refractivity contribution is 8.87. The fraction of sp³-hybridized carbons (Fsp3) is 0.667. The Bertz CT molecular complexity index is 380. The van der Waals surface area contributed by atoms with Crippen LogP contribution in [-0.4, -0.2) is 29.3 Å². The summed E-state index contributed by atoms with van der Waals surface area (Å²) in [5, 5.41) is 0. The molecule has 1 aromatic rings. The van der Waals surface area contributed by atoms with Crippen molar-refractivity contribution in [2.24, 2.45) is 0 Å². The maximum absolute atomic E-state index is 12.1. The highest BCUT2D eigenvalue weighted by Crippen LogP contribution is 2.69. The molecular weight excluding hydrogens is 323 g/mol. The van der Waals surface area contributed by atoms with Crippen molar-refractivity contribution in [1.29, 1.82) is 0 Å². The molecule has 1 rings (SSSR count). The summed E-state index contributed by atoms with van der Waals surface area (Å²) in [5.74, 6) is -2.29. The topological polar surface area (TPSA) is 70.5 Å². The Kier molecular flexibility index (Phi) is 7.24. The van der Waals surface area contributed by atoms with E-state index in [1.54, 1.807) is 11.8 Å². The number of nitrogens with zero attached hydrogens (tertiary/aromatic N) is 2. The van der Waals surface area contributed by atoms with Gasteiger partial charge in [-0.3, -0.25) is 0 Å².